The molecule has 0 bridgehead atoms. The predicted molar refractivity (Wildman–Crippen MR) is 190 cm³/mol. The number of benzene rings is 7. The highest BCUT2D eigenvalue weighted by Crippen LogP contribution is 2.42. The van der Waals surface area contributed by atoms with E-state index in [1.54, 1.807) is 12.4 Å². The molecule has 0 aliphatic carbocycles. The van der Waals surface area contributed by atoms with Crippen molar-refractivity contribution < 1.29 is 0 Å². The standard InChI is InChI=1S/C42H27N3/c1-24-21-35(27-15-17-39-37(23-27)33-12-7-11-32-29-9-5-6-13-38(29)45(39)42(32)33)25(2)20-34(24)26-14-16-31-36(22-26)28-8-3-4-10-30(28)40-41(31)44-19-18-43-40/h3-23H,1-2H3. The number of para-hydroxylation sites is 2. The van der Waals surface area contributed by atoms with Crippen LogP contribution in [0.4, 0.5) is 0 Å². The van der Waals surface area contributed by atoms with Crippen LogP contribution >= 0.6 is 0 Å². The van der Waals surface area contributed by atoms with Gasteiger partial charge in [-0.05, 0) is 82.3 Å². The highest BCUT2D eigenvalue weighted by atomic mass is 14.9. The maximum Gasteiger partial charge on any atom is 0.0971 e. The Morgan fingerprint density at radius 1 is 0.422 bits per heavy atom. The van der Waals surface area contributed by atoms with Crippen molar-refractivity contribution in [2.75, 3.05) is 0 Å². The Kier molecular flexibility index (Phi) is 4.85. The van der Waals surface area contributed by atoms with Gasteiger partial charge in [-0.15, -0.1) is 0 Å². The van der Waals surface area contributed by atoms with Gasteiger partial charge in [0.1, 0.15) is 0 Å². The number of hydrogen-bond acceptors (Lipinski definition) is 2. The topological polar surface area (TPSA) is 30.2 Å². The van der Waals surface area contributed by atoms with Crippen LogP contribution in [-0.2, 0) is 0 Å². The SMILES string of the molecule is Cc1cc(-c2ccc3c(c2)c2cccc4c5ccccc5n3c42)c(C)cc1-c1ccc2c(c1)c1ccccc1c1nccnc21. The van der Waals surface area contributed by atoms with Gasteiger partial charge in [0.2, 0.25) is 0 Å². The number of aryl methyl sites for hydroxylation is 2. The molecule has 0 spiro atoms. The second-order valence-electron chi connectivity index (χ2n) is 12.3. The zero-order valence-electron chi connectivity index (χ0n) is 25.0. The fraction of sp³-hybridized carbons (Fsp3) is 0.0476. The Balaban J connectivity index is 1.15. The lowest BCUT2D eigenvalue weighted by Crippen LogP contribution is -1.92. The summed E-state index contributed by atoms with van der Waals surface area (Å²) < 4.78 is 2.44. The average Bonchev–Trinajstić information content (AvgIpc) is 3.61. The normalized spacial score (nSPS) is 12.2. The Morgan fingerprint density at radius 2 is 0.956 bits per heavy atom. The lowest BCUT2D eigenvalue weighted by molar-refractivity contribution is 1.31. The Morgan fingerprint density at radius 3 is 1.69 bits per heavy atom. The van der Waals surface area contributed by atoms with Crippen LogP contribution in [0.5, 0.6) is 0 Å². The molecule has 45 heavy (non-hydrogen) atoms. The first-order valence-corrected chi connectivity index (χ1v) is 15.5. The molecule has 0 saturated carbocycles. The average molecular weight is 574 g/mol. The van der Waals surface area contributed by atoms with Gasteiger partial charge in [-0.25, -0.2) is 0 Å². The Hall–Kier alpha value is -5.80. The number of aromatic nitrogens is 3. The molecule has 3 aromatic heterocycles. The van der Waals surface area contributed by atoms with Crippen LogP contribution < -0.4 is 0 Å². The number of nitrogens with zero attached hydrogens (tertiary/aromatic N) is 3. The number of fused-ring (bicyclic) bond motifs is 12. The largest absolute Gasteiger partial charge is 0.308 e. The van der Waals surface area contributed by atoms with Gasteiger partial charge in [0, 0.05) is 44.7 Å². The first kappa shape index (κ1) is 24.6. The molecule has 0 fully saturated rings. The zero-order valence-corrected chi connectivity index (χ0v) is 25.0. The zero-order chi connectivity index (χ0) is 29.8. The van der Waals surface area contributed by atoms with Crippen molar-refractivity contribution in [3.05, 3.63) is 139 Å². The minimum atomic E-state index is 0.952. The molecule has 3 nitrogen and oxygen atoms in total. The van der Waals surface area contributed by atoms with E-state index in [2.05, 4.69) is 134 Å². The summed E-state index contributed by atoms with van der Waals surface area (Å²) in [7, 11) is 0. The first-order valence-electron chi connectivity index (χ1n) is 15.5. The second-order valence-corrected chi connectivity index (χ2v) is 12.3. The van der Waals surface area contributed by atoms with E-state index in [9.17, 15) is 0 Å². The Bertz CT molecular complexity index is 2800. The van der Waals surface area contributed by atoms with E-state index in [0.717, 1.165) is 21.8 Å². The van der Waals surface area contributed by atoms with Crippen molar-refractivity contribution in [2.45, 2.75) is 13.8 Å². The molecule has 0 aliphatic rings. The molecule has 0 unspecified atom stereocenters. The van der Waals surface area contributed by atoms with E-state index in [0.29, 0.717) is 0 Å². The van der Waals surface area contributed by atoms with Gasteiger partial charge < -0.3 is 4.40 Å². The van der Waals surface area contributed by atoms with Crippen LogP contribution in [0.3, 0.4) is 0 Å². The number of hydrogen-bond donors (Lipinski definition) is 0. The van der Waals surface area contributed by atoms with Crippen LogP contribution in [0, 0.1) is 13.8 Å². The molecule has 0 aliphatic heterocycles. The third kappa shape index (κ3) is 3.30. The van der Waals surface area contributed by atoms with Crippen molar-refractivity contribution in [3.8, 4) is 22.3 Å². The quantitative estimate of drug-likeness (QED) is 0.193. The van der Waals surface area contributed by atoms with Crippen LogP contribution in [0.25, 0.3) is 92.9 Å². The fourth-order valence-electron chi connectivity index (χ4n) is 7.84. The third-order valence-electron chi connectivity index (χ3n) is 9.86. The lowest BCUT2D eigenvalue weighted by atomic mass is 9.90. The molecular weight excluding hydrogens is 546 g/mol. The second kappa shape index (κ2) is 8.87. The maximum absolute atomic E-state index is 4.74. The maximum atomic E-state index is 4.74. The monoisotopic (exact) mass is 573 g/mol. The summed E-state index contributed by atoms with van der Waals surface area (Å²) in [4.78, 5) is 9.43. The fourth-order valence-corrected chi connectivity index (χ4v) is 7.84. The van der Waals surface area contributed by atoms with Crippen LogP contribution in [0.1, 0.15) is 11.1 Å². The van der Waals surface area contributed by atoms with Crippen molar-refractivity contribution >= 4 is 70.7 Å². The lowest BCUT2D eigenvalue weighted by Gasteiger charge is -2.15. The molecule has 0 radical (unpaired) electrons. The molecule has 0 saturated heterocycles. The molecule has 10 aromatic rings. The summed E-state index contributed by atoms with van der Waals surface area (Å²) in [5.74, 6) is 0. The van der Waals surface area contributed by atoms with Gasteiger partial charge in [-0.3, -0.25) is 9.97 Å². The van der Waals surface area contributed by atoms with Crippen molar-refractivity contribution in [2.24, 2.45) is 0 Å². The minimum absolute atomic E-state index is 0.952. The van der Waals surface area contributed by atoms with Gasteiger partial charge in [-0.2, -0.15) is 0 Å². The van der Waals surface area contributed by atoms with Crippen LogP contribution in [0.2, 0.25) is 0 Å². The van der Waals surface area contributed by atoms with E-state index < -0.39 is 0 Å². The molecule has 3 heterocycles. The summed E-state index contributed by atoms with van der Waals surface area (Å²) in [6, 6.07) is 42.5. The first-order chi connectivity index (χ1) is 22.2. The predicted octanol–water partition coefficient (Wildman–Crippen LogP) is 11.0. The Labute approximate surface area is 259 Å². The van der Waals surface area contributed by atoms with E-state index in [4.69, 9.17) is 9.97 Å². The molecule has 0 atom stereocenters. The molecule has 0 N–H and O–H groups in total. The van der Waals surface area contributed by atoms with E-state index in [-0.39, 0.29) is 0 Å². The summed E-state index contributed by atoms with van der Waals surface area (Å²) in [5, 5.41) is 9.94. The van der Waals surface area contributed by atoms with Gasteiger partial charge >= 0.3 is 0 Å². The number of rotatable bonds is 2. The minimum Gasteiger partial charge on any atom is -0.308 e. The van der Waals surface area contributed by atoms with Crippen molar-refractivity contribution in [3.63, 3.8) is 0 Å². The van der Waals surface area contributed by atoms with Crippen LogP contribution in [-0.4, -0.2) is 14.4 Å². The summed E-state index contributed by atoms with van der Waals surface area (Å²) >= 11 is 0. The molecule has 3 heteroatoms. The summed E-state index contributed by atoms with van der Waals surface area (Å²) in [6.07, 6.45) is 3.57. The highest BCUT2D eigenvalue weighted by molar-refractivity contribution is 6.24. The van der Waals surface area contributed by atoms with E-state index in [1.807, 2.05) is 0 Å². The summed E-state index contributed by atoms with van der Waals surface area (Å²) in [6.45, 7) is 4.47. The van der Waals surface area contributed by atoms with Crippen molar-refractivity contribution in [1.29, 1.82) is 0 Å². The van der Waals surface area contributed by atoms with Gasteiger partial charge in [0.25, 0.3) is 0 Å². The van der Waals surface area contributed by atoms with E-state index >= 15 is 0 Å². The van der Waals surface area contributed by atoms with Crippen molar-refractivity contribution in [1.82, 2.24) is 14.4 Å². The van der Waals surface area contributed by atoms with Gasteiger partial charge in [0.05, 0.1) is 27.6 Å². The molecule has 210 valence electrons. The smallest absolute Gasteiger partial charge is 0.0971 e. The van der Waals surface area contributed by atoms with E-state index in [1.165, 1.54) is 82.2 Å². The molecule has 0 amide bonds. The molecule has 10 rings (SSSR count). The molecule has 7 aromatic carbocycles. The highest BCUT2D eigenvalue weighted by Gasteiger charge is 2.18. The van der Waals surface area contributed by atoms with Crippen LogP contribution in [0.15, 0.2) is 128 Å². The summed E-state index contributed by atoms with van der Waals surface area (Å²) in [5.41, 5.74) is 13.3. The van der Waals surface area contributed by atoms with Gasteiger partial charge in [0.15, 0.2) is 0 Å². The van der Waals surface area contributed by atoms with Gasteiger partial charge in [-0.1, -0.05) is 91.0 Å². The third-order valence-corrected chi connectivity index (χ3v) is 9.86. The molecular formula is C42H27N3.